The molecule has 2 aromatic heterocycles. The standard InChI is InChI=1S/C14H22N4O/c1-4-11-7-13(5-2)18(16-11)10-14-8-12(17-19-14)9-15-6-3/h7-8,15H,4-6,9-10H2,1-3H3. The normalized spacial score (nSPS) is 11.1. The Balaban J connectivity index is 2.07. The van der Waals surface area contributed by atoms with E-state index in [9.17, 15) is 0 Å². The van der Waals surface area contributed by atoms with Crippen LogP contribution >= 0.6 is 0 Å². The van der Waals surface area contributed by atoms with E-state index in [2.05, 4.69) is 42.4 Å². The Morgan fingerprint density at radius 2 is 2.00 bits per heavy atom. The summed E-state index contributed by atoms with van der Waals surface area (Å²) in [4.78, 5) is 0. The molecule has 0 saturated heterocycles. The molecule has 0 spiro atoms. The van der Waals surface area contributed by atoms with Crippen molar-refractivity contribution in [3.05, 3.63) is 35.0 Å². The number of hydrogen-bond acceptors (Lipinski definition) is 4. The van der Waals surface area contributed by atoms with E-state index in [0.29, 0.717) is 6.54 Å². The SMILES string of the molecule is CCNCc1cc(Cn2nc(CC)cc2CC)on1. The van der Waals surface area contributed by atoms with E-state index >= 15 is 0 Å². The van der Waals surface area contributed by atoms with Gasteiger partial charge in [0.1, 0.15) is 6.54 Å². The molecule has 0 fully saturated rings. The molecule has 0 aliphatic carbocycles. The largest absolute Gasteiger partial charge is 0.359 e. The van der Waals surface area contributed by atoms with Gasteiger partial charge >= 0.3 is 0 Å². The maximum Gasteiger partial charge on any atom is 0.158 e. The number of nitrogens with zero attached hydrogens (tertiary/aromatic N) is 3. The lowest BCUT2D eigenvalue weighted by Crippen LogP contribution is -2.11. The smallest absolute Gasteiger partial charge is 0.158 e. The molecule has 2 aromatic rings. The number of aryl methyl sites for hydroxylation is 2. The Labute approximate surface area is 114 Å². The van der Waals surface area contributed by atoms with Gasteiger partial charge in [-0.1, -0.05) is 25.9 Å². The van der Waals surface area contributed by atoms with Crippen LogP contribution in [0.4, 0.5) is 0 Å². The van der Waals surface area contributed by atoms with Crippen molar-refractivity contribution in [1.82, 2.24) is 20.3 Å². The van der Waals surface area contributed by atoms with Gasteiger partial charge in [0, 0.05) is 18.3 Å². The van der Waals surface area contributed by atoms with Gasteiger partial charge in [-0.25, -0.2) is 0 Å². The lowest BCUT2D eigenvalue weighted by atomic mass is 10.2. The summed E-state index contributed by atoms with van der Waals surface area (Å²) in [6.45, 7) is 8.67. The lowest BCUT2D eigenvalue weighted by Gasteiger charge is -2.01. The van der Waals surface area contributed by atoms with Crippen molar-refractivity contribution in [1.29, 1.82) is 0 Å². The molecule has 5 nitrogen and oxygen atoms in total. The van der Waals surface area contributed by atoms with E-state index in [1.807, 2.05) is 10.7 Å². The van der Waals surface area contributed by atoms with Crippen LogP contribution in [0, 0.1) is 0 Å². The Kier molecular flexibility index (Phi) is 4.74. The summed E-state index contributed by atoms with van der Waals surface area (Å²) in [6, 6.07) is 4.16. The van der Waals surface area contributed by atoms with Gasteiger partial charge in [-0.15, -0.1) is 0 Å². The highest BCUT2D eigenvalue weighted by atomic mass is 16.5. The fourth-order valence-electron chi connectivity index (χ4n) is 2.02. The molecule has 5 heteroatoms. The molecule has 0 amide bonds. The van der Waals surface area contributed by atoms with E-state index in [-0.39, 0.29) is 0 Å². The van der Waals surface area contributed by atoms with Crippen LogP contribution in [0.1, 0.15) is 43.6 Å². The number of aromatic nitrogens is 3. The second-order valence-electron chi connectivity index (χ2n) is 4.56. The second kappa shape index (κ2) is 6.52. The Morgan fingerprint density at radius 1 is 1.16 bits per heavy atom. The van der Waals surface area contributed by atoms with Crippen LogP contribution in [0.3, 0.4) is 0 Å². The predicted molar refractivity (Wildman–Crippen MR) is 74.0 cm³/mol. The average Bonchev–Trinajstić information content (AvgIpc) is 3.03. The van der Waals surface area contributed by atoms with Crippen molar-refractivity contribution < 1.29 is 4.52 Å². The first kappa shape index (κ1) is 13.8. The Morgan fingerprint density at radius 3 is 2.68 bits per heavy atom. The maximum absolute atomic E-state index is 5.36. The molecular weight excluding hydrogens is 240 g/mol. The van der Waals surface area contributed by atoms with E-state index in [0.717, 1.165) is 43.1 Å². The van der Waals surface area contributed by atoms with Crippen LogP contribution in [-0.2, 0) is 25.9 Å². The van der Waals surface area contributed by atoms with E-state index < -0.39 is 0 Å². The lowest BCUT2D eigenvalue weighted by molar-refractivity contribution is 0.363. The van der Waals surface area contributed by atoms with Gasteiger partial charge in [-0.3, -0.25) is 4.68 Å². The quantitative estimate of drug-likeness (QED) is 0.830. The number of nitrogens with one attached hydrogen (secondary N) is 1. The zero-order chi connectivity index (χ0) is 13.7. The molecular formula is C14H22N4O. The van der Waals surface area contributed by atoms with Gasteiger partial charge in [-0.2, -0.15) is 5.10 Å². The minimum absolute atomic E-state index is 0.655. The first-order valence-corrected chi connectivity index (χ1v) is 6.97. The third kappa shape index (κ3) is 3.44. The molecule has 0 radical (unpaired) electrons. The third-order valence-electron chi connectivity index (χ3n) is 3.11. The second-order valence-corrected chi connectivity index (χ2v) is 4.56. The maximum atomic E-state index is 5.36. The predicted octanol–water partition coefficient (Wildman–Crippen LogP) is 2.15. The molecule has 0 atom stereocenters. The van der Waals surface area contributed by atoms with Gasteiger partial charge in [0.25, 0.3) is 0 Å². The monoisotopic (exact) mass is 262 g/mol. The summed E-state index contributed by atoms with van der Waals surface area (Å²) in [7, 11) is 0. The van der Waals surface area contributed by atoms with Crippen molar-refractivity contribution in [3.63, 3.8) is 0 Å². The average molecular weight is 262 g/mol. The van der Waals surface area contributed by atoms with Crippen LogP contribution in [-0.4, -0.2) is 21.5 Å². The van der Waals surface area contributed by atoms with Crippen molar-refractivity contribution in [2.24, 2.45) is 0 Å². The summed E-state index contributed by atoms with van der Waals surface area (Å²) in [5.74, 6) is 0.855. The minimum Gasteiger partial charge on any atom is -0.359 e. The van der Waals surface area contributed by atoms with Gasteiger partial charge in [-0.05, 0) is 25.5 Å². The van der Waals surface area contributed by atoms with Crippen molar-refractivity contribution in [3.8, 4) is 0 Å². The molecule has 0 aliphatic heterocycles. The van der Waals surface area contributed by atoms with Crippen molar-refractivity contribution in [2.75, 3.05) is 6.54 Å². The van der Waals surface area contributed by atoms with Gasteiger partial charge in [0.2, 0.25) is 0 Å². The van der Waals surface area contributed by atoms with Crippen LogP contribution in [0.2, 0.25) is 0 Å². The highest BCUT2D eigenvalue weighted by Gasteiger charge is 2.09. The summed E-state index contributed by atoms with van der Waals surface area (Å²) in [6.07, 6.45) is 1.94. The summed E-state index contributed by atoms with van der Waals surface area (Å²) in [5.41, 5.74) is 3.31. The molecule has 0 unspecified atom stereocenters. The molecule has 2 rings (SSSR count). The molecule has 0 bridgehead atoms. The number of hydrogen-bond donors (Lipinski definition) is 1. The van der Waals surface area contributed by atoms with Crippen LogP contribution in [0.25, 0.3) is 0 Å². The molecule has 0 saturated carbocycles. The minimum atomic E-state index is 0.655. The van der Waals surface area contributed by atoms with Crippen molar-refractivity contribution in [2.45, 2.75) is 46.7 Å². The Hall–Kier alpha value is -1.62. The highest BCUT2D eigenvalue weighted by Crippen LogP contribution is 2.11. The summed E-state index contributed by atoms with van der Waals surface area (Å²) in [5, 5.41) is 11.9. The van der Waals surface area contributed by atoms with E-state index in [1.54, 1.807) is 0 Å². The number of rotatable bonds is 7. The van der Waals surface area contributed by atoms with Crippen molar-refractivity contribution >= 4 is 0 Å². The van der Waals surface area contributed by atoms with Crippen LogP contribution < -0.4 is 5.32 Å². The van der Waals surface area contributed by atoms with E-state index in [4.69, 9.17) is 4.52 Å². The topological polar surface area (TPSA) is 55.9 Å². The molecule has 0 aliphatic rings. The molecule has 0 aromatic carbocycles. The highest BCUT2D eigenvalue weighted by molar-refractivity contribution is 5.13. The molecule has 104 valence electrons. The first-order chi connectivity index (χ1) is 9.26. The third-order valence-corrected chi connectivity index (χ3v) is 3.11. The summed E-state index contributed by atoms with van der Waals surface area (Å²) >= 11 is 0. The summed E-state index contributed by atoms with van der Waals surface area (Å²) < 4.78 is 7.37. The zero-order valence-electron chi connectivity index (χ0n) is 11.9. The zero-order valence-corrected chi connectivity index (χ0v) is 11.9. The Bertz CT molecular complexity index is 515. The van der Waals surface area contributed by atoms with Crippen LogP contribution in [0.15, 0.2) is 16.7 Å². The van der Waals surface area contributed by atoms with Gasteiger partial charge in [0.05, 0.1) is 11.4 Å². The molecule has 2 heterocycles. The first-order valence-electron chi connectivity index (χ1n) is 6.97. The fraction of sp³-hybridized carbons (Fsp3) is 0.571. The van der Waals surface area contributed by atoms with Gasteiger partial charge < -0.3 is 9.84 Å². The van der Waals surface area contributed by atoms with Gasteiger partial charge in [0.15, 0.2) is 5.76 Å². The fourth-order valence-corrected chi connectivity index (χ4v) is 2.02. The molecule has 1 N–H and O–H groups in total. The van der Waals surface area contributed by atoms with E-state index in [1.165, 1.54) is 5.69 Å². The molecule has 19 heavy (non-hydrogen) atoms. The van der Waals surface area contributed by atoms with Crippen LogP contribution in [0.5, 0.6) is 0 Å².